The van der Waals surface area contributed by atoms with Gasteiger partial charge in [-0.3, -0.25) is 0 Å². The average molecular weight is 219 g/mol. The number of hydrogen-bond donors (Lipinski definition) is 1. The molecule has 0 aromatic heterocycles. The molecule has 16 heavy (non-hydrogen) atoms. The maximum Gasteiger partial charge on any atom is 0.0970 e. The molecule has 0 aliphatic rings. The van der Waals surface area contributed by atoms with Crippen LogP contribution in [0.2, 0.25) is 0 Å². The molecule has 0 spiro atoms. The Morgan fingerprint density at radius 2 is 2.19 bits per heavy atom. The molecule has 0 aliphatic heterocycles. The molecule has 0 heterocycles. The summed E-state index contributed by atoms with van der Waals surface area (Å²) in [6.45, 7) is 3.95. The number of rotatable bonds is 4. The lowest BCUT2D eigenvalue weighted by Gasteiger charge is -2.23. The average Bonchev–Trinajstić information content (AvgIpc) is 2.29. The molecule has 0 saturated heterocycles. The first-order valence-electron chi connectivity index (χ1n) is 5.18. The van der Waals surface area contributed by atoms with Gasteiger partial charge < -0.3 is 9.84 Å². The van der Waals surface area contributed by atoms with Crippen LogP contribution in [0.25, 0.3) is 0 Å². The maximum atomic E-state index is 10.1. The van der Waals surface area contributed by atoms with E-state index >= 15 is 0 Å². The lowest BCUT2D eigenvalue weighted by Crippen LogP contribution is -2.19. The molecule has 1 aromatic rings. The summed E-state index contributed by atoms with van der Waals surface area (Å²) in [7, 11) is 1.63. The fourth-order valence-electron chi connectivity index (χ4n) is 1.50. The van der Waals surface area contributed by atoms with Gasteiger partial charge in [0.25, 0.3) is 0 Å². The van der Waals surface area contributed by atoms with E-state index < -0.39 is 11.5 Å². The highest BCUT2D eigenvalue weighted by atomic mass is 16.5. The second-order valence-corrected chi connectivity index (χ2v) is 4.41. The fourth-order valence-corrected chi connectivity index (χ4v) is 1.50. The standard InChI is InChI=1S/C13H17NO2/c1-13(2,9-14)12(15)11-6-4-5-10(7-11)8-16-3/h4-7,12,15H,8H2,1-3H3. The number of aliphatic hydroxyl groups is 1. The molecule has 0 aliphatic carbocycles. The Balaban J connectivity index is 2.96. The molecule has 0 fully saturated rings. The summed E-state index contributed by atoms with van der Waals surface area (Å²) in [6.07, 6.45) is -0.783. The highest BCUT2D eigenvalue weighted by molar-refractivity contribution is 5.27. The SMILES string of the molecule is COCc1cccc(C(O)C(C)(C)C#N)c1. The Morgan fingerprint density at radius 3 is 2.75 bits per heavy atom. The lowest BCUT2D eigenvalue weighted by molar-refractivity contribution is 0.0865. The van der Waals surface area contributed by atoms with Crippen molar-refractivity contribution in [3.63, 3.8) is 0 Å². The first-order valence-corrected chi connectivity index (χ1v) is 5.18. The Morgan fingerprint density at radius 1 is 1.50 bits per heavy atom. The van der Waals surface area contributed by atoms with Gasteiger partial charge in [0.2, 0.25) is 0 Å². The Labute approximate surface area is 96.3 Å². The van der Waals surface area contributed by atoms with Gasteiger partial charge in [-0.05, 0) is 25.0 Å². The summed E-state index contributed by atoms with van der Waals surface area (Å²) in [5.74, 6) is 0. The summed E-state index contributed by atoms with van der Waals surface area (Å²) in [5, 5.41) is 19.0. The van der Waals surface area contributed by atoms with Crippen LogP contribution < -0.4 is 0 Å². The zero-order valence-electron chi connectivity index (χ0n) is 9.90. The van der Waals surface area contributed by atoms with Crippen molar-refractivity contribution in [2.75, 3.05) is 7.11 Å². The van der Waals surface area contributed by atoms with Gasteiger partial charge in [0.05, 0.1) is 24.2 Å². The maximum absolute atomic E-state index is 10.1. The quantitative estimate of drug-likeness (QED) is 0.846. The highest BCUT2D eigenvalue weighted by Crippen LogP contribution is 2.32. The number of benzene rings is 1. The molecule has 0 radical (unpaired) electrons. The van der Waals surface area contributed by atoms with Crippen molar-refractivity contribution in [1.82, 2.24) is 0 Å². The molecule has 0 saturated carbocycles. The Bertz CT molecular complexity index is 393. The van der Waals surface area contributed by atoms with E-state index in [2.05, 4.69) is 6.07 Å². The molecule has 86 valence electrons. The Kier molecular flexibility index (Phi) is 4.05. The van der Waals surface area contributed by atoms with Crippen LogP contribution in [0.15, 0.2) is 24.3 Å². The number of methoxy groups -OCH3 is 1. The predicted molar refractivity (Wildman–Crippen MR) is 61.5 cm³/mol. The van der Waals surface area contributed by atoms with E-state index in [9.17, 15) is 5.11 Å². The molecule has 1 N–H and O–H groups in total. The normalized spacial score (nSPS) is 13.2. The highest BCUT2D eigenvalue weighted by Gasteiger charge is 2.28. The lowest BCUT2D eigenvalue weighted by atomic mass is 9.84. The van der Waals surface area contributed by atoms with E-state index in [1.54, 1.807) is 21.0 Å². The second kappa shape index (κ2) is 5.11. The monoisotopic (exact) mass is 219 g/mol. The van der Waals surface area contributed by atoms with Crippen LogP contribution >= 0.6 is 0 Å². The summed E-state index contributed by atoms with van der Waals surface area (Å²) < 4.78 is 5.03. The minimum Gasteiger partial charge on any atom is -0.387 e. The van der Waals surface area contributed by atoms with Crippen molar-refractivity contribution >= 4 is 0 Å². The van der Waals surface area contributed by atoms with Gasteiger partial charge in [-0.1, -0.05) is 24.3 Å². The molecule has 1 rings (SSSR count). The second-order valence-electron chi connectivity index (χ2n) is 4.41. The number of ether oxygens (including phenoxy) is 1. The van der Waals surface area contributed by atoms with Crippen LogP contribution in [0.3, 0.4) is 0 Å². The predicted octanol–water partition coefficient (Wildman–Crippen LogP) is 2.42. The van der Waals surface area contributed by atoms with Gasteiger partial charge in [0.15, 0.2) is 0 Å². The number of nitrogens with zero attached hydrogens (tertiary/aromatic N) is 1. The third-order valence-corrected chi connectivity index (χ3v) is 2.55. The van der Waals surface area contributed by atoms with Crippen molar-refractivity contribution in [3.05, 3.63) is 35.4 Å². The van der Waals surface area contributed by atoms with Crippen LogP contribution in [-0.2, 0) is 11.3 Å². The van der Waals surface area contributed by atoms with Crippen molar-refractivity contribution in [2.24, 2.45) is 5.41 Å². The van der Waals surface area contributed by atoms with Crippen molar-refractivity contribution in [1.29, 1.82) is 5.26 Å². The Hall–Kier alpha value is -1.37. The molecule has 1 aromatic carbocycles. The first kappa shape index (κ1) is 12.7. The van der Waals surface area contributed by atoms with Crippen LogP contribution in [-0.4, -0.2) is 12.2 Å². The van der Waals surface area contributed by atoms with Gasteiger partial charge in [-0.15, -0.1) is 0 Å². The van der Waals surface area contributed by atoms with E-state index in [1.165, 1.54) is 0 Å². The summed E-state index contributed by atoms with van der Waals surface area (Å²) in [4.78, 5) is 0. The molecule has 3 heteroatoms. The van der Waals surface area contributed by atoms with E-state index in [0.29, 0.717) is 6.61 Å². The van der Waals surface area contributed by atoms with Crippen molar-refractivity contribution in [2.45, 2.75) is 26.6 Å². The van der Waals surface area contributed by atoms with E-state index in [1.807, 2.05) is 24.3 Å². The molecule has 0 amide bonds. The van der Waals surface area contributed by atoms with Crippen LogP contribution in [0.4, 0.5) is 0 Å². The number of hydrogen-bond acceptors (Lipinski definition) is 3. The first-order chi connectivity index (χ1) is 7.51. The molecule has 0 bridgehead atoms. The minimum atomic E-state index is -0.786. The van der Waals surface area contributed by atoms with Crippen molar-refractivity contribution in [3.8, 4) is 6.07 Å². The summed E-state index contributed by atoms with van der Waals surface area (Å²) >= 11 is 0. The number of nitriles is 1. The minimum absolute atomic E-state index is 0.507. The molecular weight excluding hydrogens is 202 g/mol. The summed E-state index contributed by atoms with van der Waals surface area (Å²) in [6, 6.07) is 9.59. The van der Waals surface area contributed by atoms with E-state index in [0.717, 1.165) is 11.1 Å². The smallest absolute Gasteiger partial charge is 0.0970 e. The van der Waals surface area contributed by atoms with Crippen LogP contribution in [0, 0.1) is 16.7 Å². The molecule has 1 atom stereocenters. The van der Waals surface area contributed by atoms with Gasteiger partial charge in [-0.25, -0.2) is 0 Å². The summed E-state index contributed by atoms with van der Waals surface area (Å²) in [5.41, 5.74) is 0.958. The largest absolute Gasteiger partial charge is 0.387 e. The van der Waals surface area contributed by atoms with Crippen LogP contribution in [0.1, 0.15) is 31.1 Å². The third kappa shape index (κ3) is 2.82. The van der Waals surface area contributed by atoms with Gasteiger partial charge in [0, 0.05) is 7.11 Å². The van der Waals surface area contributed by atoms with E-state index in [-0.39, 0.29) is 0 Å². The van der Waals surface area contributed by atoms with E-state index in [4.69, 9.17) is 10.00 Å². The van der Waals surface area contributed by atoms with Gasteiger partial charge in [0.1, 0.15) is 0 Å². The van der Waals surface area contributed by atoms with Crippen molar-refractivity contribution < 1.29 is 9.84 Å². The zero-order valence-corrected chi connectivity index (χ0v) is 9.90. The fraction of sp³-hybridized carbons (Fsp3) is 0.462. The van der Waals surface area contributed by atoms with Gasteiger partial charge in [-0.2, -0.15) is 5.26 Å². The molecule has 3 nitrogen and oxygen atoms in total. The third-order valence-electron chi connectivity index (χ3n) is 2.55. The molecule has 1 unspecified atom stereocenters. The molecular formula is C13H17NO2. The van der Waals surface area contributed by atoms with Crippen LogP contribution in [0.5, 0.6) is 0 Å². The topological polar surface area (TPSA) is 53.2 Å². The zero-order chi connectivity index (χ0) is 12.2. The number of aliphatic hydroxyl groups excluding tert-OH is 1. The van der Waals surface area contributed by atoms with Gasteiger partial charge >= 0.3 is 0 Å².